The van der Waals surface area contributed by atoms with Gasteiger partial charge < -0.3 is 14.8 Å². The molecule has 0 saturated carbocycles. The molecule has 0 unspecified atom stereocenters. The Hall–Kier alpha value is -2.78. The van der Waals surface area contributed by atoms with Crippen molar-refractivity contribution in [1.82, 2.24) is 4.90 Å². The molecule has 2 aromatic rings. The summed E-state index contributed by atoms with van der Waals surface area (Å²) < 4.78 is 10.5. The van der Waals surface area contributed by atoms with Crippen molar-refractivity contribution in [2.75, 3.05) is 18.7 Å². The number of hydrogen-bond donors (Lipinski definition) is 1. The summed E-state index contributed by atoms with van der Waals surface area (Å²) in [7, 11) is 0. The number of fused-ring (bicyclic) bond motifs is 1. The first-order valence-corrected chi connectivity index (χ1v) is 9.70. The van der Waals surface area contributed by atoms with Gasteiger partial charge in [-0.3, -0.25) is 19.3 Å². The standard InChI is InChI=1S/C18H14N2O5S2/c1-10-4-5-26-14(10)7-15-17(22)20(18(23)27-15)8-16(21)19-11-2-3-12-13(6-11)25-9-24-12/h2-7H,8-9H2,1H3,(H,19,21)/b15-7+. The van der Waals surface area contributed by atoms with Crippen LogP contribution >= 0.6 is 23.1 Å². The summed E-state index contributed by atoms with van der Waals surface area (Å²) in [5, 5.41) is 4.13. The van der Waals surface area contributed by atoms with Crippen LogP contribution in [0.5, 0.6) is 11.5 Å². The van der Waals surface area contributed by atoms with Crippen molar-refractivity contribution in [2.24, 2.45) is 0 Å². The van der Waals surface area contributed by atoms with Crippen LogP contribution in [-0.4, -0.2) is 35.3 Å². The SMILES string of the molecule is Cc1ccsc1/C=C1/SC(=O)N(CC(=O)Nc2ccc3c(c2)OCO3)C1=O. The van der Waals surface area contributed by atoms with Crippen molar-refractivity contribution >= 4 is 51.9 Å². The second kappa shape index (κ2) is 7.09. The zero-order chi connectivity index (χ0) is 19.0. The third kappa shape index (κ3) is 3.56. The minimum atomic E-state index is -0.468. The fourth-order valence-corrected chi connectivity index (χ4v) is 4.36. The number of rotatable bonds is 4. The lowest BCUT2D eigenvalue weighted by Gasteiger charge is -2.12. The van der Waals surface area contributed by atoms with E-state index >= 15 is 0 Å². The van der Waals surface area contributed by atoms with E-state index in [0.29, 0.717) is 22.1 Å². The molecule has 138 valence electrons. The Bertz CT molecular complexity index is 982. The Balaban J connectivity index is 1.43. The van der Waals surface area contributed by atoms with E-state index in [1.165, 1.54) is 11.3 Å². The summed E-state index contributed by atoms with van der Waals surface area (Å²) in [5.41, 5.74) is 1.54. The summed E-state index contributed by atoms with van der Waals surface area (Å²) in [6.07, 6.45) is 1.70. The van der Waals surface area contributed by atoms with Crippen LogP contribution in [0.2, 0.25) is 0 Å². The second-order valence-corrected chi connectivity index (χ2v) is 7.79. The molecule has 3 heterocycles. The third-order valence-corrected chi connectivity index (χ3v) is 5.87. The van der Waals surface area contributed by atoms with Crippen LogP contribution in [0.15, 0.2) is 34.6 Å². The molecule has 9 heteroatoms. The van der Waals surface area contributed by atoms with Crippen LogP contribution in [0.25, 0.3) is 6.08 Å². The number of ether oxygens (including phenoxy) is 2. The van der Waals surface area contributed by atoms with Crippen LogP contribution in [0.3, 0.4) is 0 Å². The summed E-state index contributed by atoms with van der Waals surface area (Å²) in [6.45, 7) is 1.73. The maximum absolute atomic E-state index is 12.5. The van der Waals surface area contributed by atoms with Gasteiger partial charge in [0.15, 0.2) is 11.5 Å². The smallest absolute Gasteiger partial charge is 0.294 e. The lowest BCUT2D eigenvalue weighted by atomic mass is 10.2. The third-order valence-electron chi connectivity index (χ3n) is 4.00. The molecule has 1 N–H and O–H groups in total. The lowest BCUT2D eigenvalue weighted by Crippen LogP contribution is -2.36. The van der Waals surface area contributed by atoms with Gasteiger partial charge in [0.1, 0.15) is 6.54 Å². The van der Waals surface area contributed by atoms with Gasteiger partial charge in [0.2, 0.25) is 12.7 Å². The van der Waals surface area contributed by atoms with Gasteiger partial charge in [0, 0.05) is 16.6 Å². The molecule has 2 aliphatic heterocycles. The number of carbonyl (C=O) groups excluding carboxylic acids is 3. The number of amides is 3. The Morgan fingerprint density at radius 3 is 2.85 bits per heavy atom. The van der Waals surface area contributed by atoms with E-state index in [1.807, 2.05) is 18.4 Å². The van der Waals surface area contributed by atoms with E-state index < -0.39 is 17.1 Å². The predicted octanol–water partition coefficient (Wildman–Crippen LogP) is 3.46. The first-order valence-electron chi connectivity index (χ1n) is 8.00. The highest BCUT2D eigenvalue weighted by Gasteiger charge is 2.36. The van der Waals surface area contributed by atoms with Crippen LogP contribution in [-0.2, 0) is 9.59 Å². The molecule has 1 saturated heterocycles. The molecule has 0 spiro atoms. The van der Waals surface area contributed by atoms with Gasteiger partial charge in [-0.15, -0.1) is 11.3 Å². The number of nitrogens with zero attached hydrogens (tertiary/aromatic N) is 1. The number of anilines is 1. The molecular weight excluding hydrogens is 388 g/mol. The van der Waals surface area contributed by atoms with E-state index in [4.69, 9.17) is 9.47 Å². The first-order chi connectivity index (χ1) is 13.0. The number of benzene rings is 1. The normalized spacial score (nSPS) is 17.1. The van der Waals surface area contributed by atoms with E-state index in [2.05, 4.69) is 5.32 Å². The monoisotopic (exact) mass is 402 g/mol. The number of carbonyl (C=O) groups is 3. The number of nitrogens with one attached hydrogen (secondary N) is 1. The van der Waals surface area contributed by atoms with Gasteiger partial charge in [-0.2, -0.15) is 0 Å². The number of imide groups is 1. The van der Waals surface area contributed by atoms with E-state index in [-0.39, 0.29) is 13.3 Å². The zero-order valence-corrected chi connectivity index (χ0v) is 15.8. The molecule has 1 aromatic carbocycles. The average molecular weight is 402 g/mol. The molecule has 1 fully saturated rings. The van der Waals surface area contributed by atoms with E-state index in [9.17, 15) is 14.4 Å². The van der Waals surface area contributed by atoms with Crippen molar-refractivity contribution in [2.45, 2.75) is 6.92 Å². The minimum Gasteiger partial charge on any atom is -0.454 e. The molecule has 2 aliphatic rings. The summed E-state index contributed by atoms with van der Waals surface area (Å²) in [5.74, 6) is 0.213. The molecule has 0 atom stereocenters. The van der Waals surface area contributed by atoms with E-state index in [1.54, 1.807) is 24.3 Å². The second-order valence-electron chi connectivity index (χ2n) is 5.85. The maximum Gasteiger partial charge on any atom is 0.294 e. The maximum atomic E-state index is 12.5. The minimum absolute atomic E-state index is 0.138. The summed E-state index contributed by atoms with van der Waals surface area (Å²) in [4.78, 5) is 39.1. The van der Waals surface area contributed by atoms with Crippen LogP contribution < -0.4 is 14.8 Å². The fraction of sp³-hybridized carbons (Fsp3) is 0.167. The highest BCUT2D eigenvalue weighted by atomic mass is 32.2. The number of thiophene rings is 1. The van der Waals surface area contributed by atoms with Crippen molar-refractivity contribution in [3.63, 3.8) is 0 Å². The lowest BCUT2D eigenvalue weighted by molar-refractivity contribution is -0.127. The average Bonchev–Trinajstić information content (AvgIpc) is 3.32. The molecule has 4 rings (SSSR count). The summed E-state index contributed by atoms with van der Waals surface area (Å²) in [6, 6.07) is 6.93. The Labute approximate surface area is 162 Å². The van der Waals surface area contributed by atoms with Gasteiger partial charge in [0.05, 0.1) is 4.91 Å². The number of thioether (sulfide) groups is 1. The highest BCUT2D eigenvalue weighted by molar-refractivity contribution is 8.18. The molecule has 0 aliphatic carbocycles. The van der Waals surface area contributed by atoms with Gasteiger partial charge in [-0.05, 0) is 53.9 Å². The highest BCUT2D eigenvalue weighted by Crippen LogP contribution is 2.35. The zero-order valence-electron chi connectivity index (χ0n) is 14.2. The molecule has 0 bridgehead atoms. The molecule has 1 aromatic heterocycles. The number of hydrogen-bond acceptors (Lipinski definition) is 7. The van der Waals surface area contributed by atoms with E-state index in [0.717, 1.165) is 27.1 Å². The Kier molecular flexibility index (Phi) is 4.63. The quantitative estimate of drug-likeness (QED) is 0.789. The molecular formula is C18H14N2O5S2. The topological polar surface area (TPSA) is 84.9 Å². The predicted molar refractivity (Wildman–Crippen MR) is 103 cm³/mol. The van der Waals surface area contributed by atoms with Crippen LogP contribution in [0, 0.1) is 6.92 Å². The number of aryl methyl sites for hydroxylation is 1. The molecule has 3 amide bonds. The van der Waals surface area contributed by atoms with Gasteiger partial charge >= 0.3 is 0 Å². The van der Waals surface area contributed by atoms with Gasteiger partial charge in [0.25, 0.3) is 11.1 Å². The van der Waals surface area contributed by atoms with Crippen molar-refractivity contribution in [3.8, 4) is 11.5 Å². The molecule has 7 nitrogen and oxygen atoms in total. The Morgan fingerprint density at radius 2 is 2.07 bits per heavy atom. The van der Waals surface area contributed by atoms with Gasteiger partial charge in [-0.25, -0.2) is 0 Å². The largest absolute Gasteiger partial charge is 0.454 e. The van der Waals surface area contributed by atoms with Crippen molar-refractivity contribution in [1.29, 1.82) is 0 Å². The molecule has 27 heavy (non-hydrogen) atoms. The van der Waals surface area contributed by atoms with Crippen LogP contribution in [0.4, 0.5) is 10.5 Å². The first kappa shape index (κ1) is 17.6. The van der Waals surface area contributed by atoms with Gasteiger partial charge in [-0.1, -0.05) is 0 Å². The Morgan fingerprint density at radius 1 is 1.26 bits per heavy atom. The van der Waals surface area contributed by atoms with Crippen molar-refractivity contribution < 1.29 is 23.9 Å². The summed E-state index contributed by atoms with van der Waals surface area (Å²) >= 11 is 2.34. The fourth-order valence-electron chi connectivity index (χ4n) is 2.61. The van der Waals surface area contributed by atoms with Crippen molar-refractivity contribution in [3.05, 3.63) is 45.0 Å². The molecule has 0 radical (unpaired) electrons. The van der Waals surface area contributed by atoms with Crippen LogP contribution in [0.1, 0.15) is 10.4 Å².